The van der Waals surface area contributed by atoms with Crippen LogP contribution >= 0.6 is 0 Å². The number of halogens is 2. The van der Waals surface area contributed by atoms with Crippen LogP contribution in [0.25, 0.3) is 22.3 Å². The van der Waals surface area contributed by atoms with E-state index in [9.17, 15) is 19.1 Å². The number of phenols is 1. The van der Waals surface area contributed by atoms with Gasteiger partial charge in [0.25, 0.3) is 0 Å². The van der Waals surface area contributed by atoms with E-state index in [1.165, 1.54) is 29.0 Å². The number of aromatic hydroxyl groups is 1. The van der Waals surface area contributed by atoms with Gasteiger partial charge in [-0.05, 0) is 56.2 Å². The van der Waals surface area contributed by atoms with E-state index >= 15 is 4.39 Å². The van der Waals surface area contributed by atoms with Gasteiger partial charge in [0.05, 0.1) is 10.9 Å². The molecule has 4 aromatic rings. The molecule has 1 amide bonds. The maximum atomic E-state index is 15.7. The van der Waals surface area contributed by atoms with Crippen molar-refractivity contribution in [3.63, 3.8) is 0 Å². The molecule has 4 heterocycles. The molecule has 0 aliphatic carbocycles. The first-order valence-corrected chi connectivity index (χ1v) is 13.0. The molecule has 0 saturated carbocycles. The van der Waals surface area contributed by atoms with Crippen molar-refractivity contribution in [3.05, 3.63) is 82.6 Å². The quantitative estimate of drug-likeness (QED) is 0.376. The van der Waals surface area contributed by atoms with Crippen LogP contribution in [0.1, 0.15) is 38.1 Å². The Labute approximate surface area is 229 Å². The summed E-state index contributed by atoms with van der Waals surface area (Å²) in [5.74, 6) is -2.20. The number of aryl methyl sites for hydroxylation is 1. The van der Waals surface area contributed by atoms with Crippen LogP contribution in [-0.4, -0.2) is 60.9 Å². The molecule has 0 spiro atoms. The summed E-state index contributed by atoms with van der Waals surface area (Å²) in [6.45, 7) is 12.2. The van der Waals surface area contributed by atoms with Crippen LogP contribution in [0.2, 0.25) is 0 Å². The zero-order chi connectivity index (χ0) is 28.9. The second-order valence-corrected chi connectivity index (χ2v) is 10.3. The fraction of sp³-hybridized carbons (Fsp3) is 0.310. The number of rotatable bonds is 5. The number of aromatic nitrogens is 4. The molecule has 1 fully saturated rings. The second-order valence-electron chi connectivity index (χ2n) is 10.3. The van der Waals surface area contributed by atoms with Gasteiger partial charge >= 0.3 is 5.69 Å². The molecule has 9 nitrogen and oxygen atoms in total. The number of carbonyl (C=O) groups excluding carboxylic acids is 1. The number of amides is 1. The summed E-state index contributed by atoms with van der Waals surface area (Å²) in [4.78, 5) is 38.4. The maximum absolute atomic E-state index is 15.7. The average Bonchev–Trinajstić information content (AvgIpc) is 3.29. The van der Waals surface area contributed by atoms with E-state index in [-0.39, 0.29) is 34.7 Å². The van der Waals surface area contributed by atoms with Gasteiger partial charge in [-0.1, -0.05) is 26.5 Å². The van der Waals surface area contributed by atoms with Crippen molar-refractivity contribution in [1.29, 1.82) is 0 Å². The van der Waals surface area contributed by atoms with Gasteiger partial charge in [-0.3, -0.25) is 9.47 Å². The minimum atomic E-state index is -0.886. The van der Waals surface area contributed by atoms with E-state index in [4.69, 9.17) is 0 Å². The summed E-state index contributed by atoms with van der Waals surface area (Å²) >= 11 is 0. The molecule has 0 radical (unpaired) electrons. The van der Waals surface area contributed by atoms with E-state index in [2.05, 4.69) is 16.5 Å². The monoisotopic (exact) mass is 548 g/mol. The third-order valence-electron chi connectivity index (χ3n) is 7.26. The Morgan fingerprint density at radius 2 is 1.88 bits per heavy atom. The summed E-state index contributed by atoms with van der Waals surface area (Å²) in [5.41, 5.74) is 0.0568. The molecule has 1 aliphatic heterocycles. The fourth-order valence-electron chi connectivity index (χ4n) is 5.28. The number of phenolic OH excluding ortho intramolecular Hbond substituents is 1. The van der Waals surface area contributed by atoms with Crippen LogP contribution in [0, 0.1) is 18.6 Å². The van der Waals surface area contributed by atoms with E-state index in [1.807, 2.05) is 44.7 Å². The summed E-state index contributed by atoms with van der Waals surface area (Å²) in [5, 5.41) is 10.6. The van der Waals surface area contributed by atoms with Gasteiger partial charge in [-0.2, -0.15) is 9.66 Å². The van der Waals surface area contributed by atoms with Crippen molar-refractivity contribution in [2.75, 3.05) is 24.5 Å². The third kappa shape index (κ3) is 4.41. The molecule has 0 unspecified atom stereocenters. The van der Waals surface area contributed by atoms with Crippen LogP contribution < -0.4 is 10.6 Å². The van der Waals surface area contributed by atoms with Crippen molar-refractivity contribution < 1.29 is 18.7 Å². The van der Waals surface area contributed by atoms with Gasteiger partial charge in [0.15, 0.2) is 11.5 Å². The number of anilines is 1. The number of benzene rings is 1. The molecule has 11 heteroatoms. The fourth-order valence-corrected chi connectivity index (χ4v) is 5.28. The first kappa shape index (κ1) is 27.0. The van der Waals surface area contributed by atoms with E-state index in [0.717, 1.165) is 11.8 Å². The minimum absolute atomic E-state index is 0.0151. The Balaban J connectivity index is 1.81. The van der Waals surface area contributed by atoms with Crippen LogP contribution in [0.5, 0.6) is 5.75 Å². The normalized spacial score (nSPS) is 15.7. The zero-order valence-corrected chi connectivity index (χ0v) is 22.7. The number of pyridine rings is 1. The number of nitrogens with zero attached hydrogens (tertiary/aromatic N) is 6. The van der Waals surface area contributed by atoms with Crippen molar-refractivity contribution >= 4 is 22.8 Å². The largest absolute Gasteiger partial charge is 0.507 e. The maximum Gasteiger partial charge on any atom is 0.370 e. The Kier molecular flexibility index (Phi) is 6.91. The molecule has 0 bridgehead atoms. The van der Waals surface area contributed by atoms with Gasteiger partial charge in [0, 0.05) is 37.1 Å². The Morgan fingerprint density at radius 3 is 2.52 bits per heavy atom. The van der Waals surface area contributed by atoms with E-state index in [0.29, 0.717) is 25.3 Å². The van der Waals surface area contributed by atoms with Gasteiger partial charge in [-0.15, -0.1) is 0 Å². The first-order chi connectivity index (χ1) is 19.0. The average molecular weight is 549 g/mol. The zero-order valence-electron chi connectivity index (χ0n) is 22.7. The molecule has 1 N–H and O–H groups in total. The van der Waals surface area contributed by atoms with Gasteiger partial charge < -0.3 is 14.9 Å². The third-order valence-corrected chi connectivity index (χ3v) is 7.26. The molecule has 1 aliphatic rings. The molecular weight excluding hydrogens is 518 g/mol. The molecule has 1 saturated heterocycles. The number of hydrogen-bond donors (Lipinski definition) is 1. The number of carbonyl (C=O) groups is 1. The lowest BCUT2D eigenvalue weighted by Crippen LogP contribution is -2.54. The van der Waals surface area contributed by atoms with Crippen LogP contribution in [-0.2, 0) is 4.79 Å². The highest BCUT2D eigenvalue weighted by Gasteiger charge is 2.30. The highest BCUT2D eigenvalue weighted by atomic mass is 19.1. The highest BCUT2D eigenvalue weighted by Crippen LogP contribution is 2.36. The van der Waals surface area contributed by atoms with Crippen LogP contribution in [0.4, 0.5) is 14.6 Å². The lowest BCUT2D eigenvalue weighted by molar-refractivity contribution is -0.126. The van der Waals surface area contributed by atoms with Gasteiger partial charge in [0.1, 0.15) is 23.1 Å². The first-order valence-electron chi connectivity index (χ1n) is 13.0. The summed E-state index contributed by atoms with van der Waals surface area (Å²) in [6.07, 6.45) is 1.25. The second kappa shape index (κ2) is 10.2. The molecule has 1 aromatic carbocycles. The Hall–Kier alpha value is -4.54. The van der Waals surface area contributed by atoms with Gasteiger partial charge in [-0.25, -0.2) is 18.6 Å². The van der Waals surface area contributed by atoms with Crippen molar-refractivity contribution in [2.24, 2.45) is 0 Å². The summed E-state index contributed by atoms with van der Waals surface area (Å²) in [7, 11) is 0. The molecule has 1 atom stereocenters. The predicted molar refractivity (Wildman–Crippen MR) is 148 cm³/mol. The summed E-state index contributed by atoms with van der Waals surface area (Å²) in [6, 6.07) is 8.30. The van der Waals surface area contributed by atoms with Crippen molar-refractivity contribution in [1.82, 2.24) is 24.2 Å². The van der Waals surface area contributed by atoms with Crippen LogP contribution in [0.3, 0.4) is 0 Å². The lowest BCUT2D eigenvalue weighted by atomic mass is 10.1. The molecule has 40 heavy (non-hydrogen) atoms. The van der Waals surface area contributed by atoms with Crippen molar-refractivity contribution in [2.45, 2.75) is 39.7 Å². The Bertz CT molecular complexity index is 1690. The number of hydrogen-bond acceptors (Lipinski definition) is 6. The van der Waals surface area contributed by atoms with Crippen molar-refractivity contribution in [3.8, 4) is 17.0 Å². The smallest absolute Gasteiger partial charge is 0.370 e. The highest BCUT2D eigenvalue weighted by molar-refractivity contribution is 5.90. The molecule has 5 rings (SSSR count). The van der Waals surface area contributed by atoms with E-state index < -0.39 is 34.3 Å². The topological polar surface area (TPSA) is 96.5 Å². The van der Waals surface area contributed by atoms with Crippen LogP contribution in [0.15, 0.2) is 53.8 Å². The Morgan fingerprint density at radius 1 is 1.12 bits per heavy atom. The standard InChI is InChI=1S/C29H30F2N6O3/c1-6-24(39)34-12-13-35(18(5)15-34)27-19-14-21(31)26(25-20(30)8-7-9-23(25)38)32-28(19)37(29(40)33-27)36-17(4)10-11-22(36)16(2)3/h6-11,14,16,18,38H,1,12-13,15H2,2-5H3/t18-/m0/s1. The lowest BCUT2D eigenvalue weighted by Gasteiger charge is -2.40. The number of piperazine rings is 1. The SMILES string of the molecule is C=CC(=O)N1CCN(c2nc(=O)n(-n3c(C)ccc3C(C)C)c3nc(-c4c(O)cccc4F)c(F)cc23)[C@@H](C)C1. The van der Waals surface area contributed by atoms with Gasteiger partial charge in [0.2, 0.25) is 5.91 Å². The summed E-state index contributed by atoms with van der Waals surface area (Å²) < 4.78 is 33.5. The molecular formula is C29H30F2N6O3. The molecule has 3 aromatic heterocycles. The predicted octanol–water partition coefficient (Wildman–Crippen LogP) is 4.21. The minimum Gasteiger partial charge on any atom is -0.507 e. The molecule has 208 valence electrons. The number of fused-ring (bicyclic) bond motifs is 1. The van der Waals surface area contributed by atoms with E-state index in [1.54, 1.807) is 9.58 Å².